The van der Waals surface area contributed by atoms with Crippen LogP contribution in [0.25, 0.3) is 0 Å². The van der Waals surface area contributed by atoms with Crippen LogP contribution in [0, 0.1) is 0 Å². The van der Waals surface area contributed by atoms with Crippen LogP contribution in [0.1, 0.15) is 18.1 Å². The topological polar surface area (TPSA) is 53.1 Å². The lowest BCUT2D eigenvalue weighted by Crippen LogP contribution is -2.55. The molecule has 2 amide bonds. The molecule has 1 fully saturated rings. The highest BCUT2D eigenvalue weighted by Gasteiger charge is 2.31. The number of hydrogen-bond donors (Lipinski definition) is 0. The Bertz CT molecular complexity index is 611. The van der Waals surface area contributed by atoms with Crippen LogP contribution in [0.2, 0.25) is 0 Å². The Morgan fingerprint density at radius 1 is 1.00 bits per heavy atom. The number of carbonyl (C=O) groups excluding carboxylic acids is 2. The van der Waals surface area contributed by atoms with Gasteiger partial charge in [0.2, 0.25) is 5.91 Å². The van der Waals surface area contributed by atoms with Crippen LogP contribution in [0.5, 0.6) is 0 Å². The van der Waals surface area contributed by atoms with Gasteiger partial charge < -0.3 is 14.5 Å². The minimum atomic E-state index is -0.317. The number of piperazine rings is 1. The van der Waals surface area contributed by atoms with Gasteiger partial charge in [-0.25, -0.2) is 4.79 Å². The smallest absolute Gasteiger partial charge is 0.409 e. The van der Waals surface area contributed by atoms with Gasteiger partial charge in [0.1, 0.15) is 0 Å². The van der Waals surface area contributed by atoms with Crippen LogP contribution in [0.4, 0.5) is 4.79 Å². The average molecular weight is 331 g/mol. The molecule has 3 rings (SSSR count). The van der Waals surface area contributed by atoms with Gasteiger partial charge in [0.25, 0.3) is 0 Å². The molecule has 24 heavy (non-hydrogen) atoms. The standard InChI is InChI=1S/C18H25N3O3/c1-14(21-8-7-15-5-3-4-6-16(15)13-21)17(22)19-9-11-20(12-10-19)18(23)24-2/h3-6,14H,7-13H2,1-2H3/t14-/m1/s1. The Hall–Kier alpha value is -2.08. The Morgan fingerprint density at radius 2 is 1.62 bits per heavy atom. The quantitative estimate of drug-likeness (QED) is 0.821. The van der Waals surface area contributed by atoms with Gasteiger partial charge in [-0.15, -0.1) is 0 Å². The lowest BCUT2D eigenvalue weighted by atomic mass is 9.98. The van der Waals surface area contributed by atoms with Gasteiger partial charge in [0.15, 0.2) is 0 Å². The molecule has 0 unspecified atom stereocenters. The second kappa shape index (κ2) is 7.21. The van der Waals surface area contributed by atoms with Crippen LogP contribution in [-0.4, -0.2) is 72.6 Å². The second-order valence-electron chi connectivity index (χ2n) is 6.45. The number of rotatable bonds is 2. The maximum atomic E-state index is 12.8. The molecule has 0 N–H and O–H groups in total. The number of methoxy groups -OCH3 is 1. The van der Waals surface area contributed by atoms with Gasteiger partial charge in [-0.2, -0.15) is 0 Å². The molecule has 6 nitrogen and oxygen atoms in total. The van der Waals surface area contributed by atoms with Crippen LogP contribution in [0.3, 0.4) is 0 Å². The van der Waals surface area contributed by atoms with E-state index in [2.05, 4.69) is 29.2 Å². The average Bonchev–Trinajstić information content (AvgIpc) is 2.66. The van der Waals surface area contributed by atoms with Crippen LogP contribution in [0.15, 0.2) is 24.3 Å². The van der Waals surface area contributed by atoms with E-state index >= 15 is 0 Å². The fraction of sp³-hybridized carbons (Fsp3) is 0.556. The minimum Gasteiger partial charge on any atom is -0.453 e. The third-order valence-corrected chi connectivity index (χ3v) is 5.09. The van der Waals surface area contributed by atoms with Crippen LogP contribution < -0.4 is 0 Å². The highest BCUT2D eigenvalue weighted by Crippen LogP contribution is 2.21. The summed E-state index contributed by atoms with van der Waals surface area (Å²) in [6.07, 6.45) is 0.673. The number of carbonyl (C=O) groups is 2. The zero-order valence-electron chi connectivity index (χ0n) is 14.4. The largest absolute Gasteiger partial charge is 0.453 e. The summed E-state index contributed by atoms with van der Waals surface area (Å²) in [6.45, 7) is 5.94. The Morgan fingerprint density at radius 3 is 2.29 bits per heavy atom. The third-order valence-electron chi connectivity index (χ3n) is 5.09. The fourth-order valence-electron chi connectivity index (χ4n) is 3.51. The van der Waals surface area contributed by atoms with Crippen molar-refractivity contribution < 1.29 is 14.3 Å². The monoisotopic (exact) mass is 331 g/mol. The number of benzene rings is 1. The van der Waals surface area contributed by atoms with Crippen molar-refractivity contribution in [2.24, 2.45) is 0 Å². The second-order valence-corrected chi connectivity index (χ2v) is 6.45. The lowest BCUT2D eigenvalue weighted by Gasteiger charge is -2.39. The summed E-state index contributed by atoms with van der Waals surface area (Å²) in [5.41, 5.74) is 2.71. The summed E-state index contributed by atoms with van der Waals surface area (Å²) in [5.74, 6) is 0.152. The van der Waals surface area contributed by atoms with Crippen molar-refractivity contribution in [1.29, 1.82) is 0 Å². The molecule has 2 aliphatic heterocycles. The number of hydrogen-bond acceptors (Lipinski definition) is 4. The maximum absolute atomic E-state index is 12.8. The van der Waals surface area contributed by atoms with E-state index in [0.29, 0.717) is 26.2 Å². The lowest BCUT2D eigenvalue weighted by molar-refractivity contribution is -0.138. The molecule has 0 aliphatic carbocycles. The highest BCUT2D eigenvalue weighted by molar-refractivity contribution is 5.82. The molecular formula is C18H25N3O3. The summed E-state index contributed by atoms with van der Waals surface area (Å²) in [6, 6.07) is 8.31. The molecule has 1 aromatic rings. The molecule has 1 atom stereocenters. The van der Waals surface area contributed by atoms with E-state index in [4.69, 9.17) is 4.74 Å². The molecule has 0 radical (unpaired) electrons. The molecule has 130 valence electrons. The molecule has 1 saturated heterocycles. The molecule has 6 heteroatoms. The minimum absolute atomic E-state index is 0.136. The van der Waals surface area contributed by atoms with Gasteiger partial charge in [-0.3, -0.25) is 9.69 Å². The summed E-state index contributed by atoms with van der Waals surface area (Å²) >= 11 is 0. The summed E-state index contributed by atoms with van der Waals surface area (Å²) < 4.78 is 4.74. The van der Waals surface area contributed by atoms with Crippen molar-refractivity contribution in [2.45, 2.75) is 25.9 Å². The van der Waals surface area contributed by atoms with E-state index in [1.165, 1.54) is 18.2 Å². The first-order valence-electron chi connectivity index (χ1n) is 8.52. The van der Waals surface area contributed by atoms with Gasteiger partial charge in [0.05, 0.1) is 13.2 Å². The summed E-state index contributed by atoms with van der Waals surface area (Å²) in [7, 11) is 1.39. The highest BCUT2D eigenvalue weighted by atomic mass is 16.5. The molecule has 0 bridgehead atoms. The first-order chi connectivity index (χ1) is 11.6. The molecule has 0 saturated carbocycles. The first kappa shape index (κ1) is 16.8. The van der Waals surface area contributed by atoms with Crippen LogP contribution >= 0.6 is 0 Å². The molecule has 2 aliphatic rings. The van der Waals surface area contributed by atoms with Gasteiger partial charge in [-0.1, -0.05) is 24.3 Å². The number of amides is 2. The Balaban J connectivity index is 1.57. The first-order valence-corrected chi connectivity index (χ1v) is 8.52. The number of fused-ring (bicyclic) bond motifs is 1. The van der Waals surface area contributed by atoms with E-state index < -0.39 is 0 Å². The van der Waals surface area contributed by atoms with Crippen molar-refractivity contribution in [1.82, 2.24) is 14.7 Å². The molecule has 2 heterocycles. The van der Waals surface area contributed by atoms with Crippen molar-refractivity contribution in [3.05, 3.63) is 35.4 Å². The molecule has 0 aromatic heterocycles. The van der Waals surface area contributed by atoms with E-state index in [0.717, 1.165) is 19.5 Å². The molecule has 0 spiro atoms. The Labute approximate surface area is 143 Å². The van der Waals surface area contributed by atoms with Crippen molar-refractivity contribution in [3.8, 4) is 0 Å². The van der Waals surface area contributed by atoms with Gasteiger partial charge in [0, 0.05) is 39.3 Å². The van der Waals surface area contributed by atoms with Crippen molar-refractivity contribution in [3.63, 3.8) is 0 Å². The van der Waals surface area contributed by atoms with Crippen LogP contribution in [-0.2, 0) is 22.5 Å². The Kier molecular flexibility index (Phi) is 5.04. The zero-order chi connectivity index (χ0) is 17.1. The fourth-order valence-corrected chi connectivity index (χ4v) is 3.51. The number of ether oxygens (including phenoxy) is 1. The SMILES string of the molecule is COC(=O)N1CCN(C(=O)[C@@H](C)N2CCc3ccccc3C2)CC1. The normalized spacial score (nSPS) is 19.6. The zero-order valence-corrected chi connectivity index (χ0v) is 14.4. The van der Waals surface area contributed by atoms with Crippen molar-refractivity contribution >= 4 is 12.0 Å². The predicted molar refractivity (Wildman–Crippen MR) is 90.6 cm³/mol. The van der Waals surface area contributed by atoms with Gasteiger partial charge in [-0.05, 0) is 24.5 Å². The molecular weight excluding hydrogens is 306 g/mol. The third kappa shape index (κ3) is 3.38. The van der Waals surface area contributed by atoms with Crippen molar-refractivity contribution in [2.75, 3.05) is 39.8 Å². The van der Waals surface area contributed by atoms with E-state index in [-0.39, 0.29) is 18.0 Å². The van der Waals surface area contributed by atoms with Gasteiger partial charge >= 0.3 is 6.09 Å². The van der Waals surface area contributed by atoms with E-state index in [1.54, 1.807) is 4.90 Å². The van der Waals surface area contributed by atoms with E-state index in [9.17, 15) is 9.59 Å². The summed E-state index contributed by atoms with van der Waals surface area (Å²) in [5, 5.41) is 0. The molecule has 1 aromatic carbocycles. The van der Waals surface area contributed by atoms with E-state index in [1.807, 2.05) is 11.8 Å². The maximum Gasteiger partial charge on any atom is 0.409 e. The summed E-state index contributed by atoms with van der Waals surface area (Å²) in [4.78, 5) is 30.1. The number of nitrogens with zero attached hydrogens (tertiary/aromatic N) is 3. The predicted octanol–water partition coefficient (Wildman–Crippen LogP) is 1.34.